The second-order valence-corrected chi connectivity index (χ2v) is 9.34. The molecule has 0 aliphatic heterocycles. The van der Waals surface area contributed by atoms with Crippen LogP contribution in [0.5, 0.6) is 17.2 Å². The summed E-state index contributed by atoms with van der Waals surface area (Å²) in [5, 5.41) is 13.7. The molecule has 1 amide bonds. The highest BCUT2D eigenvalue weighted by Crippen LogP contribution is 2.27. The molecule has 3 aromatic rings. The molecule has 2 N–H and O–H groups in total. The summed E-state index contributed by atoms with van der Waals surface area (Å²) in [6, 6.07) is 17.4. The van der Waals surface area contributed by atoms with E-state index < -0.39 is 22.5 Å². The Kier molecular flexibility index (Phi) is 8.32. The largest absolute Gasteiger partial charge is 0.504 e. The van der Waals surface area contributed by atoms with Crippen LogP contribution in [0, 0.1) is 6.92 Å². The molecule has 0 spiro atoms. The quantitative estimate of drug-likeness (QED) is 0.327. The van der Waals surface area contributed by atoms with Crippen LogP contribution < -0.4 is 19.2 Å². The first-order valence-electron chi connectivity index (χ1n) is 10.8. The number of hydrogen-bond donors (Lipinski definition) is 2. The number of carbonyl (C=O) groups excluding carboxylic acids is 1. The number of ether oxygens (including phenoxy) is 2. The SMILES string of the molecule is CCOc1cc(/C=N\NC(=O)CN(c2ccc(C)cc2)S(=O)(=O)c2ccc(OC)cc2)ccc1O. The van der Waals surface area contributed by atoms with Crippen LogP contribution in [0.4, 0.5) is 5.69 Å². The van der Waals surface area contributed by atoms with E-state index in [-0.39, 0.29) is 10.6 Å². The van der Waals surface area contributed by atoms with Crippen LogP contribution in [0.25, 0.3) is 0 Å². The number of anilines is 1. The van der Waals surface area contributed by atoms with Crippen molar-refractivity contribution in [2.75, 3.05) is 24.6 Å². The Morgan fingerprint density at radius 2 is 1.77 bits per heavy atom. The molecule has 0 saturated heterocycles. The molecule has 35 heavy (non-hydrogen) atoms. The van der Waals surface area contributed by atoms with Crippen molar-refractivity contribution in [1.82, 2.24) is 5.43 Å². The highest BCUT2D eigenvalue weighted by Gasteiger charge is 2.27. The van der Waals surface area contributed by atoms with Crippen LogP contribution >= 0.6 is 0 Å². The lowest BCUT2D eigenvalue weighted by Gasteiger charge is -2.24. The summed E-state index contributed by atoms with van der Waals surface area (Å²) in [7, 11) is -2.57. The second-order valence-electron chi connectivity index (χ2n) is 7.48. The fraction of sp³-hybridized carbons (Fsp3) is 0.200. The van der Waals surface area contributed by atoms with Gasteiger partial charge in [0.15, 0.2) is 11.5 Å². The number of hydrogen-bond acceptors (Lipinski definition) is 7. The number of phenolic OH excluding ortho intramolecular Hbond substituents is 1. The lowest BCUT2D eigenvalue weighted by molar-refractivity contribution is -0.119. The summed E-state index contributed by atoms with van der Waals surface area (Å²) >= 11 is 0. The summed E-state index contributed by atoms with van der Waals surface area (Å²) in [4.78, 5) is 12.7. The van der Waals surface area contributed by atoms with Crippen LogP contribution in [0.2, 0.25) is 0 Å². The first-order valence-corrected chi connectivity index (χ1v) is 12.2. The highest BCUT2D eigenvalue weighted by molar-refractivity contribution is 7.92. The second kappa shape index (κ2) is 11.4. The van der Waals surface area contributed by atoms with Gasteiger partial charge in [0.1, 0.15) is 12.3 Å². The van der Waals surface area contributed by atoms with Crippen molar-refractivity contribution < 1.29 is 27.8 Å². The molecule has 10 heteroatoms. The van der Waals surface area contributed by atoms with Gasteiger partial charge in [0, 0.05) is 0 Å². The molecule has 0 unspecified atom stereocenters. The Labute approximate surface area is 204 Å². The van der Waals surface area contributed by atoms with Crippen LogP contribution in [0.1, 0.15) is 18.1 Å². The number of nitrogens with one attached hydrogen (secondary N) is 1. The molecule has 0 fully saturated rings. The predicted molar refractivity (Wildman–Crippen MR) is 134 cm³/mol. The predicted octanol–water partition coefficient (Wildman–Crippen LogP) is 3.45. The molecule has 3 rings (SSSR count). The number of methoxy groups -OCH3 is 1. The average Bonchev–Trinajstić information content (AvgIpc) is 2.85. The van der Waals surface area contributed by atoms with E-state index in [9.17, 15) is 18.3 Å². The van der Waals surface area contributed by atoms with Crippen LogP contribution in [0.3, 0.4) is 0 Å². The van der Waals surface area contributed by atoms with E-state index in [1.807, 2.05) is 6.92 Å². The third-order valence-corrected chi connectivity index (χ3v) is 6.73. The maximum Gasteiger partial charge on any atom is 0.264 e. The lowest BCUT2D eigenvalue weighted by Crippen LogP contribution is -2.39. The Hall–Kier alpha value is -4.05. The summed E-state index contributed by atoms with van der Waals surface area (Å²) < 4.78 is 38.3. The highest BCUT2D eigenvalue weighted by atomic mass is 32.2. The first kappa shape index (κ1) is 25.6. The van der Waals surface area contributed by atoms with Crippen molar-refractivity contribution in [3.8, 4) is 17.2 Å². The summed E-state index contributed by atoms with van der Waals surface area (Å²) in [5.41, 5.74) is 4.22. The lowest BCUT2D eigenvalue weighted by atomic mass is 10.2. The molecule has 3 aromatic carbocycles. The van der Waals surface area contributed by atoms with E-state index in [0.29, 0.717) is 29.4 Å². The van der Waals surface area contributed by atoms with E-state index >= 15 is 0 Å². The normalized spacial score (nSPS) is 11.3. The summed E-state index contributed by atoms with van der Waals surface area (Å²) in [5.74, 6) is 0.159. The number of phenols is 1. The smallest absolute Gasteiger partial charge is 0.264 e. The number of amides is 1. The summed E-state index contributed by atoms with van der Waals surface area (Å²) in [6.45, 7) is 3.56. The Morgan fingerprint density at radius 1 is 1.09 bits per heavy atom. The van der Waals surface area contributed by atoms with Gasteiger partial charge in [-0.2, -0.15) is 5.10 Å². The zero-order valence-corrected chi connectivity index (χ0v) is 20.5. The van der Waals surface area contributed by atoms with Crippen molar-refractivity contribution >= 4 is 27.8 Å². The van der Waals surface area contributed by atoms with E-state index in [1.54, 1.807) is 55.5 Å². The fourth-order valence-corrected chi connectivity index (χ4v) is 4.55. The Morgan fingerprint density at radius 3 is 2.40 bits per heavy atom. The van der Waals surface area contributed by atoms with Crippen molar-refractivity contribution in [3.63, 3.8) is 0 Å². The molecule has 0 aromatic heterocycles. The van der Waals surface area contributed by atoms with Gasteiger partial charge >= 0.3 is 0 Å². The number of benzene rings is 3. The monoisotopic (exact) mass is 497 g/mol. The molecular weight excluding hydrogens is 470 g/mol. The number of aryl methyl sites for hydroxylation is 1. The molecule has 0 atom stereocenters. The van der Waals surface area contributed by atoms with E-state index in [4.69, 9.17) is 9.47 Å². The molecule has 184 valence electrons. The molecule has 0 saturated carbocycles. The molecule has 0 bridgehead atoms. The van der Waals surface area contributed by atoms with Gasteiger partial charge < -0.3 is 14.6 Å². The molecule has 9 nitrogen and oxygen atoms in total. The minimum atomic E-state index is -4.06. The van der Waals surface area contributed by atoms with Gasteiger partial charge in [-0.3, -0.25) is 9.10 Å². The fourth-order valence-electron chi connectivity index (χ4n) is 3.13. The Bertz CT molecular complexity index is 1290. The molecule has 0 radical (unpaired) electrons. The molecule has 0 heterocycles. The van der Waals surface area contributed by atoms with Gasteiger partial charge in [-0.15, -0.1) is 0 Å². The van der Waals surface area contributed by atoms with Crippen LogP contribution in [-0.4, -0.2) is 45.9 Å². The zero-order chi connectivity index (χ0) is 25.4. The van der Waals surface area contributed by atoms with Crippen molar-refractivity contribution in [1.29, 1.82) is 0 Å². The number of sulfonamides is 1. The van der Waals surface area contributed by atoms with Gasteiger partial charge in [0.2, 0.25) is 0 Å². The van der Waals surface area contributed by atoms with Crippen molar-refractivity contribution in [2.45, 2.75) is 18.7 Å². The zero-order valence-electron chi connectivity index (χ0n) is 19.6. The van der Waals surface area contributed by atoms with Gasteiger partial charge in [-0.25, -0.2) is 13.8 Å². The third kappa shape index (κ3) is 6.51. The minimum Gasteiger partial charge on any atom is -0.504 e. The topological polar surface area (TPSA) is 118 Å². The van der Waals surface area contributed by atoms with Gasteiger partial charge in [0.05, 0.1) is 30.5 Å². The maximum atomic E-state index is 13.4. The number of rotatable bonds is 10. The van der Waals surface area contributed by atoms with Gasteiger partial charge in [-0.1, -0.05) is 17.7 Å². The van der Waals surface area contributed by atoms with Crippen molar-refractivity contribution in [2.24, 2.45) is 5.10 Å². The van der Waals surface area contributed by atoms with Gasteiger partial charge in [0.25, 0.3) is 15.9 Å². The molecule has 0 aliphatic rings. The van der Waals surface area contributed by atoms with E-state index in [1.165, 1.54) is 31.5 Å². The number of carbonyl (C=O) groups is 1. The molecular formula is C25H27N3O6S. The molecule has 0 aliphatic carbocycles. The number of aromatic hydroxyl groups is 1. The van der Waals surface area contributed by atoms with Crippen LogP contribution in [-0.2, 0) is 14.8 Å². The minimum absolute atomic E-state index is 0.00878. The third-order valence-electron chi connectivity index (χ3n) is 4.94. The maximum absolute atomic E-state index is 13.4. The van der Waals surface area contributed by atoms with Crippen LogP contribution in [0.15, 0.2) is 76.7 Å². The summed E-state index contributed by atoms with van der Waals surface area (Å²) in [6.07, 6.45) is 1.37. The number of nitrogens with zero attached hydrogens (tertiary/aromatic N) is 2. The van der Waals surface area contributed by atoms with Gasteiger partial charge in [-0.05, 0) is 74.0 Å². The average molecular weight is 498 g/mol. The van der Waals surface area contributed by atoms with E-state index in [2.05, 4.69) is 10.5 Å². The number of hydrazone groups is 1. The Balaban J connectivity index is 1.81. The van der Waals surface area contributed by atoms with E-state index in [0.717, 1.165) is 9.87 Å². The first-order chi connectivity index (χ1) is 16.7. The van der Waals surface area contributed by atoms with Crippen molar-refractivity contribution in [3.05, 3.63) is 77.9 Å². The standard InChI is InChI=1S/C25H27N3O6S/c1-4-34-24-15-19(7-14-23(24)29)16-26-27-25(30)17-28(20-8-5-18(2)6-9-20)35(31,32)22-12-10-21(33-3)11-13-22/h5-16,29H,4,17H2,1-3H3,(H,27,30)/b26-16-.